The number of hydrogen-bond donors (Lipinski definition) is 3. The van der Waals surface area contributed by atoms with E-state index >= 15 is 0 Å². The first-order chi connectivity index (χ1) is 18.5. The van der Waals surface area contributed by atoms with Crippen LogP contribution in [0, 0.1) is 0 Å². The van der Waals surface area contributed by atoms with Crippen molar-refractivity contribution < 1.29 is 14.0 Å². The fraction of sp³-hybridized carbons (Fsp3) is 0.312. The van der Waals surface area contributed by atoms with E-state index in [1.54, 1.807) is 30.5 Å². The molecule has 0 aliphatic rings. The third kappa shape index (κ3) is 6.42. The fourth-order valence-corrected chi connectivity index (χ4v) is 5.23. The van der Waals surface area contributed by atoms with Gasteiger partial charge in [-0.25, -0.2) is 0 Å². The summed E-state index contributed by atoms with van der Waals surface area (Å²) in [6, 6.07) is 18.2. The van der Waals surface area contributed by atoms with E-state index in [9.17, 15) is 9.59 Å². The number of H-pyrrole nitrogens is 1. The first-order valence-corrected chi connectivity index (χ1v) is 16.7. The van der Waals surface area contributed by atoms with E-state index in [1.165, 1.54) is 0 Å². The van der Waals surface area contributed by atoms with Gasteiger partial charge in [0.25, 0.3) is 11.8 Å². The fourth-order valence-electron chi connectivity index (χ4n) is 3.99. The number of fused-ring (bicyclic) bond motifs is 1. The van der Waals surface area contributed by atoms with Gasteiger partial charge in [-0.15, -0.1) is 0 Å². The van der Waals surface area contributed by atoms with Crippen LogP contribution in [0.5, 0.6) is 5.75 Å². The van der Waals surface area contributed by atoms with Gasteiger partial charge in [-0.2, -0.15) is 0 Å². The lowest BCUT2D eigenvalue weighted by Crippen LogP contribution is -2.43. The Labute approximate surface area is 242 Å². The molecule has 0 aliphatic carbocycles. The maximum atomic E-state index is 13.3. The van der Waals surface area contributed by atoms with Crippen LogP contribution in [0.4, 0.5) is 11.4 Å². The van der Waals surface area contributed by atoms with Crippen molar-refractivity contribution in [3.8, 4) is 5.75 Å². The number of nitrogens with one attached hydrogen (secondary N) is 3. The van der Waals surface area contributed by atoms with E-state index in [-0.39, 0.29) is 22.3 Å². The molecule has 0 fully saturated rings. The molecule has 210 valence electrons. The summed E-state index contributed by atoms with van der Waals surface area (Å²) >= 11 is 6.19. The van der Waals surface area contributed by atoms with Gasteiger partial charge in [0.05, 0.1) is 16.4 Å². The Bertz CT molecular complexity index is 1560. The van der Waals surface area contributed by atoms with Crippen LogP contribution in [0.15, 0.2) is 66.9 Å². The Morgan fingerprint density at radius 3 is 2.02 bits per heavy atom. The van der Waals surface area contributed by atoms with Crippen LogP contribution in [0.3, 0.4) is 0 Å². The van der Waals surface area contributed by atoms with Gasteiger partial charge in [0.2, 0.25) is 8.32 Å². The number of anilines is 2. The van der Waals surface area contributed by atoms with E-state index in [1.807, 2.05) is 36.4 Å². The van der Waals surface area contributed by atoms with Crippen molar-refractivity contribution in [1.29, 1.82) is 0 Å². The van der Waals surface area contributed by atoms with Crippen LogP contribution in [-0.2, 0) is 5.41 Å². The molecule has 0 unspecified atom stereocenters. The highest BCUT2D eigenvalue weighted by Gasteiger charge is 2.39. The summed E-state index contributed by atoms with van der Waals surface area (Å²) in [5.74, 6) is 0.0593. The second kappa shape index (κ2) is 10.8. The normalized spacial score (nSPS) is 12.3. The molecule has 0 saturated carbocycles. The minimum Gasteiger partial charge on any atom is -0.543 e. The number of aromatic nitrogens is 1. The Hall–Kier alpha value is -3.55. The lowest BCUT2D eigenvalue weighted by molar-refractivity contribution is 0.101. The number of carbonyl (C=O) groups excluding carboxylic acids is 2. The van der Waals surface area contributed by atoms with Crippen molar-refractivity contribution in [2.24, 2.45) is 0 Å². The van der Waals surface area contributed by atoms with Crippen LogP contribution in [0.2, 0.25) is 23.2 Å². The topological polar surface area (TPSA) is 83.2 Å². The Morgan fingerprint density at radius 1 is 0.800 bits per heavy atom. The Morgan fingerprint density at radius 2 is 1.40 bits per heavy atom. The molecule has 2 amide bonds. The molecule has 1 aromatic heterocycles. The molecule has 4 aromatic rings. The van der Waals surface area contributed by atoms with Crippen molar-refractivity contribution in [2.45, 2.75) is 65.1 Å². The highest BCUT2D eigenvalue weighted by Crippen LogP contribution is 2.39. The standard InChI is InChI=1S/C32H38ClN3O3Si/c1-31(2,3)22-12-9-20(10-13-22)29(37)36-28-18-23(39-40(7,8)32(4,5)6)14-16-26(28)35-30(38)21-11-15-24-25(33)19-34-27(24)17-21/h9-19,34H,1-8H3,(H,35,38)(H,36,37). The van der Waals surface area contributed by atoms with Crippen LogP contribution in [0.25, 0.3) is 10.9 Å². The molecular formula is C32H38ClN3O3Si. The quantitative estimate of drug-likeness (QED) is 0.201. The number of aromatic amines is 1. The summed E-state index contributed by atoms with van der Waals surface area (Å²) in [7, 11) is -2.14. The molecular weight excluding hydrogens is 538 g/mol. The number of benzene rings is 3. The maximum absolute atomic E-state index is 13.3. The predicted octanol–water partition coefficient (Wildman–Crippen LogP) is 9.01. The third-order valence-electron chi connectivity index (χ3n) is 7.57. The Balaban J connectivity index is 1.65. The predicted molar refractivity (Wildman–Crippen MR) is 169 cm³/mol. The number of hydrogen-bond acceptors (Lipinski definition) is 3. The van der Waals surface area contributed by atoms with E-state index < -0.39 is 8.32 Å². The van der Waals surface area contributed by atoms with Crippen LogP contribution in [0.1, 0.15) is 67.8 Å². The molecule has 4 rings (SSSR count). The van der Waals surface area contributed by atoms with E-state index in [2.05, 4.69) is 70.3 Å². The molecule has 0 radical (unpaired) electrons. The van der Waals surface area contributed by atoms with E-state index in [0.717, 1.165) is 16.5 Å². The summed E-state index contributed by atoms with van der Waals surface area (Å²) < 4.78 is 6.50. The van der Waals surface area contributed by atoms with Gasteiger partial charge in [0.15, 0.2) is 0 Å². The highest BCUT2D eigenvalue weighted by molar-refractivity contribution is 6.74. The molecule has 0 bridgehead atoms. The lowest BCUT2D eigenvalue weighted by atomic mass is 9.87. The summed E-state index contributed by atoms with van der Waals surface area (Å²) in [5, 5.41) is 7.40. The average Bonchev–Trinajstić information content (AvgIpc) is 3.24. The lowest BCUT2D eigenvalue weighted by Gasteiger charge is -2.36. The van der Waals surface area contributed by atoms with Gasteiger partial charge in [-0.3, -0.25) is 9.59 Å². The first-order valence-electron chi connectivity index (χ1n) is 13.4. The molecule has 6 nitrogen and oxygen atoms in total. The van der Waals surface area contributed by atoms with Crippen molar-refractivity contribution in [3.05, 3.63) is 88.6 Å². The zero-order chi connectivity index (χ0) is 29.5. The SMILES string of the molecule is CC(C)(C)c1ccc(C(=O)Nc2cc(O[Si](C)(C)C(C)(C)C)ccc2NC(=O)c2ccc3c(Cl)c[nH]c3c2)cc1. The number of rotatable bonds is 6. The Kier molecular flexibility index (Phi) is 7.94. The molecule has 0 spiro atoms. The summed E-state index contributed by atoms with van der Waals surface area (Å²) in [5.41, 5.74) is 3.80. The summed E-state index contributed by atoms with van der Waals surface area (Å²) in [6.07, 6.45) is 1.69. The second-order valence-electron chi connectivity index (χ2n) is 12.7. The molecule has 8 heteroatoms. The van der Waals surface area contributed by atoms with Crippen molar-refractivity contribution in [1.82, 2.24) is 4.98 Å². The zero-order valence-corrected chi connectivity index (χ0v) is 26.2. The molecule has 3 aromatic carbocycles. The van der Waals surface area contributed by atoms with Crippen molar-refractivity contribution in [2.75, 3.05) is 10.6 Å². The molecule has 0 saturated heterocycles. The molecule has 3 N–H and O–H groups in total. The van der Waals surface area contributed by atoms with Gasteiger partial charge in [-0.05, 0) is 65.5 Å². The van der Waals surface area contributed by atoms with Crippen LogP contribution >= 0.6 is 11.6 Å². The van der Waals surface area contributed by atoms with Gasteiger partial charge in [0, 0.05) is 34.3 Å². The van der Waals surface area contributed by atoms with Crippen LogP contribution < -0.4 is 15.1 Å². The van der Waals surface area contributed by atoms with Crippen molar-refractivity contribution >= 4 is 54.0 Å². The van der Waals surface area contributed by atoms with Gasteiger partial charge in [-0.1, -0.05) is 71.3 Å². The highest BCUT2D eigenvalue weighted by atomic mass is 35.5. The minimum atomic E-state index is -2.14. The molecule has 0 atom stereocenters. The molecule has 40 heavy (non-hydrogen) atoms. The number of halogens is 1. The smallest absolute Gasteiger partial charge is 0.255 e. The number of carbonyl (C=O) groups is 2. The van der Waals surface area contributed by atoms with Crippen LogP contribution in [-0.4, -0.2) is 25.1 Å². The van der Waals surface area contributed by atoms with Gasteiger partial charge >= 0.3 is 0 Å². The summed E-state index contributed by atoms with van der Waals surface area (Å²) in [6.45, 7) is 17.2. The second-order valence-corrected chi connectivity index (χ2v) is 17.8. The molecule has 0 aliphatic heterocycles. The molecule has 1 heterocycles. The van der Waals surface area contributed by atoms with Gasteiger partial charge in [0.1, 0.15) is 5.75 Å². The largest absolute Gasteiger partial charge is 0.543 e. The third-order valence-corrected chi connectivity index (χ3v) is 12.2. The minimum absolute atomic E-state index is 0.00252. The summed E-state index contributed by atoms with van der Waals surface area (Å²) in [4.78, 5) is 29.6. The average molecular weight is 576 g/mol. The number of amides is 2. The van der Waals surface area contributed by atoms with Crippen molar-refractivity contribution in [3.63, 3.8) is 0 Å². The van der Waals surface area contributed by atoms with E-state index in [0.29, 0.717) is 33.3 Å². The monoisotopic (exact) mass is 575 g/mol. The van der Waals surface area contributed by atoms with E-state index in [4.69, 9.17) is 16.0 Å². The first kappa shape index (κ1) is 29.4. The maximum Gasteiger partial charge on any atom is 0.255 e. The zero-order valence-electron chi connectivity index (χ0n) is 24.5. The van der Waals surface area contributed by atoms with Gasteiger partial charge < -0.3 is 20.0 Å².